The van der Waals surface area contributed by atoms with Gasteiger partial charge in [0.05, 0.1) is 12.1 Å². The van der Waals surface area contributed by atoms with Crippen LogP contribution in [-0.4, -0.2) is 35.7 Å². The molecule has 0 radical (unpaired) electrons. The molecule has 0 bridgehead atoms. The Hall–Kier alpha value is -0.610. The van der Waals surface area contributed by atoms with Gasteiger partial charge in [0.1, 0.15) is 0 Å². The molecule has 0 spiro atoms. The predicted molar refractivity (Wildman–Crippen MR) is 62.0 cm³/mol. The van der Waals surface area contributed by atoms with Crippen LogP contribution in [0.4, 0.5) is 0 Å². The van der Waals surface area contributed by atoms with Crippen LogP contribution in [0.1, 0.15) is 44.9 Å². The second-order valence-electron chi connectivity index (χ2n) is 5.03. The maximum absolute atomic E-state index is 11.9. The molecule has 1 amide bonds. The second-order valence-corrected chi connectivity index (χ2v) is 5.03. The van der Waals surface area contributed by atoms with Crippen LogP contribution >= 0.6 is 0 Å². The Morgan fingerprint density at radius 1 is 1.19 bits per heavy atom. The summed E-state index contributed by atoms with van der Waals surface area (Å²) >= 11 is 0. The van der Waals surface area contributed by atoms with E-state index in [1.807, 2.05) is 0 Å². The van der Waals surface area contributed by atoms with Crippen molar-refractivity contribution >= 4 is 5.91 Å². The van der Waals surface area contributed by atoms with E-state index in [9.17, 15) is 9.90 Å². The Morgan fingerprint density at radius 2 is 2.06 bits per heavy atom. The third-order valence-corrected chi connectivity index (χ3v) is 3.62. The topological polar surface area (TPSA) is 61.4 Å². The molecule has 1 saturated heterocycles. The molecule has 1 heterocycles. The molecular formula is C12H22N2O2. The third kappa shape index (κ3) is 3.19. The van der Waals surface area contributed by atoms with Gasteiger partial charge >= 0.3 is 0 Å². The number of carbonyl (C=O) groups is 1. The quantitative estimate of drug-likeness (QED) is 0.644. The summed E-state index contributed by atoms with van der Waals surface area (Å²) in [7, 11) is 0. The smallest absolute Gasteiger partial charge is 0.237 e. The van der Waals surface area contributed by atoms with Crippen molar-refractivity contribution in [3.63, 3.8) is 0 Å². The van der Waals surface area contributed by atoms with Crippen LogP contribution in [0.25, 0.3) is 0 Å². The van der Waals surface area contributed by atoms with Gasteiger partial charge < -0.3 is 15.7 Å². The molecule has 1 aliphatic heterocycles. The molecule has 92 valence electrons. The highest BCUT2D eigenvalue weighted by Gasteiger charge is 2.25. The summed E-state index contributed by atoms with van der Waals surface area (Å²) in [6.45, 7) is 0.950. The first-order valence-corrected chi connectivity index (χ1v) is 6.47. The molecule has 2 unspecified atom stereocenters. The molecule has 2 fully saturated rings. The average molecular weight is 226 g/mol. The number of nitrogens with one attached hydrogen (secondary N) is 2. The summed E-state index contributed by atoms with van der Waals surface area (Å²) in [4.78, 5) is 11.9. The number of aliphatic hydroxyl groups excluding tert-OH is 1. The standard InChI is InChI=1S/C12H22N2O2/c15-10-5-3-4-9(8-10)14-12(16)11-6-1-2-7-13-11/h9-11,13,15H,1-8H2,(H,14,16)/t9?,10?,11-/m1/s1. The number of rotatable bonds is 2. The molecule has 3 N–H and O–H groups in total. The monoisotopic (exact) mass is 226 g/mol. The Kier molecular flexibility index (Phi) is 4.18. The molecule has 0 aromatic heterocycles. The van der Waals surface area contributed by atoms with E-state index in [0.29, 0.717) is 0 Å². The van der Waals surface area contributed by atoms with Crippen LogP contribution in [0.3, 0.4) is 0 Å². The van der Waals surface area contributed by atoms with Gasteiger partial charge in [-0.15, -0.1) is 0 Å². The summed E-state index contributed by atoms with van der Waals surface area (Å²) in [6.07, 6.45) is 6.66. The molecule has 4 heteroatoms. The molecule has 0 aromatic rings. The summed E-state index contributed by atoms with van der Waals surface area (Å²) in [6, 6.07) is 0.174. The second kappa shape index (κ2) is 5.64. The molecule has 2 aliphatic rings. The number of aliphatic hydroxyl groups is 1. The van der Waals surface area contributed by atoms with Gasteiger partial charge in [-0.25, -0.2) is 0 Å². The van der Waals surface area contributed by atoms with E-state index in [4.69, 9.17) is 0 Å². The minimum Gasteiger partial charge on any atom is -0.393 e. The van der Waals surface area contributed by atoms with Crippen molar-refractivity contribution < 1.29 is 9.90 Å². The maximum Gasteiger partial charge on any atom is 0.237 e. The Bertz CT molecular complexity index is 239. The zero-order chi connectivity index (χ0) is 11.4. The lowest BCUT2D eigenvalue weighted by Crippen LogP contribution is -2.50. The first-order valence-electron chi connectivity index (χ1n) is 6.47. The predicted octanol–water partition coefficient (Wildman–Crippen LogP) is 0.548. The SMILES string of the molecule is O=C(NC1CCCC(O)C1)[C@H]1CCCCN1. The lowest BCUT2D eigenvalue weighted by molar-refractivity contribution is -0.124. The molecule has 2 rings (SSSR count). The normalized spacial score (nSPS) is 35.7. The number of carbonyl (C=O) groups excluding carboxylic acids is 1. The Labute approximate surface area is 96.8 Å². The van der Waals surface area contributed by atoms with E-state index in [2.05, 4.69) is 10.6 Å². The van der Waals surface area contributed by atoms with E-state index in [0.717, 1.165) is 45.1 Å². The van der Waals surface area contributed by atoms with Crippen LogP contribution in [0.15, 0.2) is 0 Å². The van der Waals surface area contributed by atoms with Gasteiger partial charge in [0.15, 0.2) is 0 Å². The number of hydrogen-bond acceptors (Lipinski definition) is 3. The summed E-state index contributed by atoms with van der Waals surface area (Å²) in [5.41, 5.74) is 0. The first-order chi connectivity index (χ1) is 7.75. The third-order valence-electron chi connectivity index (χ3n) is 3.62. The van der Waals surface area contributed by atoms with Crippen LogP contribution in [-0.2, 0) is 4.79 Å². The molecule has 1 saturated carbocycles. The molecule has 0 aromatic carbocycles. The fourth-order valence-electron chi connectivity index (χ4n) is 2.67. The average Bonchev–Trinajstić information content (AvgIpc) is 2.30. The van der Waals surface area contributed by atoms with Crippen molar-refractivity contribution in [3.05, 3.63) is 0 Å². The highest BCUT2D eigenvalue weighted by Crippen LogP contribution is 2.18. The summed E-state index contributed by atoms with van der Waals surface area (Å²) in [5.74, 6) is 0.124. The Balaban J connectivity index is 1.77. The zero-order valence-electron chi connectivity index (χ0n) is 9.74. The van der Waals surface area contributed by atoms with Crippen LogP contribution < -0.4 is 10.6 Å². The minimum absolute atomic E-state index is 0.00665. The van der Waals surface area contributed by atoms with Crippen molar-refractivity contribution in [2.24, 2.45) is 0 Å². The van der Waals surface area contributed by atoms with Gasteiger partial charge in [0, 0.05) is 6.04 Å². The molecule has 4 nitrogen and oxygen atoms in total. The number of piperidine rings is 1. The highest BCUT2D eigenvalue weighted by molar-refractivity contribution is 5.82. The number of hydrogen-bond donors (Lipinski definition) is 3. The largest absolute Gasteiger partial charge is 0.393 e. The maximum atomic E-state index is 11.9. The van der Waals surface area contributed by atoms with Gasteiger partial charge in [-0.2, -0.15) is 0 Å². The van der Waals surface area contributed by atoms with Gasteiger partial charge in [0.25, 0.3) is 0 Å². The van der Waals surface area contributed by atoms with Gasteiger partial charge in [-0.3, -0.25) is 4.79 Å². The first kappa shape index (κ1) is 11.9. The summed E-state index contributed by atoms with van der Waals surface area (Å²) in [5, 5.41) is 15.8. The molecule has 1 aliphatic carbocycles. The molecule has 3 atom stereocenters. The van der Waals surface area contributed by atoms with Gasteiger partial charge in [-0.05, 0) is 45.1 Å². The van der Waals surface area contributed by atoms with Gasteiger partial charge in [0.2, 0.25) is 5.91 Å². The lowest BCUT2D eigenvalue weighted by atomic mass is 9.92. The fourth-order valence-corrected chi connectivity index (χ4v) is 2.67. The Morgan fingerprint density at radius 3 is 2.75 bits per heavy atom. The molecular weight excluding hydrogens is 204 g/mol. The minimum atomic E-state index is -0.224. The van der Waals surface area contributed by atoms with E-state index < -0.39 is 0 Å². The summed E-state index contributed by atoms with van der Waals surface area (Å²) < 4.78 is 0. The van der Waals surface area contributed by atoms with Gasteiger partial charge in [-0.1, -0.05) is 6.42 Å². The van der Waals surface area contributed by atoms with Crippen molar-refractivity contribution in [1.82, 2.24) is 10.6 Å². The van der Waals surface area contributed by atoms with E-state index >= 15 is 0 Å². The lowest BCUT2D eigenvalue weighted by Gasteiger charge is -2.29. The fraction of sp³-hybridized carbons (Fsp3) is 0.917. The van der Waals surface area contributed by atoms with Crippen molar-refractivity contribution in [1.29, 1.82) is 0 Å². The van der Waals surface area contributed by atoms with Crippen LogP contribution in [0, 0.1) is 0 Å². The molecule has 16 heavy (non-hydrogen) atoms. The van der Waals surface area contributed by atoms with E-state index in [1.165, 1.54) is 6.42 Å². The number of amides is 1. The highest BCUT2D eigenvalue weighted by atomic mass is 16.3. The zero-order valence-corrected chi connectivity index (χ0v) is 9.74. The van der Waals surface area contributed by atoms with Crippen molar-refractivity contribution in [2.75, 3.05) is 6.54 Å². The van der Waals surface area contributed by atoms with E-state index in [1.54, 1.807) is 0 Å². The van der Waals surface area contributed by atoms with Crippen molar-refractivity contribution in [3.8, 4) is 0 Å². The van der Waals surface area contributed by atoms with Crippen LogP contribution in [0.2, 0.25) is 0 Å². The van der Waals surface area contributed by atoms with Crippen LogP contribution in [0.5, 0.6) is 0 Å². The van der Waals surface area contributed by atoms with Crippen molar-refractivity contribution in [2.45, 2.75) is 63.1 Å². The van der Waals surface area contributed by atoms with E-state index in [-0.39, 0.29) is 24.1 Å².